The Balaban J connectivity index is 2.88. The van der Waals surface area contributed by atoms with Crippen LogP contribution < -0.4 is 0 Å². The number of nitrogens with zero attached hydrogens (tertiary/aromatic N) is 2. The highest BCUT2D eigenvalue weighted by atomic mass is 32.2. The Morgan fingerprint density at radius 3 is 2.35 bits per heavy atom. The molecule has 1 aliphatic carbocycles. The molecule has 118 valence electrons. The molecule has 0 amide bonds. The molecule has 1 rings (SSSR count). The number of carboxylic acid groups (broad SMARTS) is 1. The minimum atomic E-state index is -3.53. The number of sulfonamides is 1. The van der Waals surface area contributed by atoms with E-state index in [4.69, 9.17) is 0 Å². The molecule has 0 bridgehead atoms. The van der Waals surface area contributed by atoms with E-state index in [1.807, 2.05) is 25.9 Å². The Morgan fingerprint density at radius 1 is 1.20 bits per heavy atom. The van der Waals surface area contributed by atoms with Crippen molar-refractivity contribution in [1.29, 1.82) is 0 Å². The summed E-state index contributed by atoms with van der Waals surface area (Å²) in [4.78, 5) is 13.1. The van der Waals surface area contributed by atoms with E-state index >= 15 is 0 Å². The number of hydrogen-bond donors (Lipinski definition) is 1. The van der Waals surface area contributed by atoms with Crippen molar-refractivity contribution < 1.29 is 18.3 Å². The maximum absolute atomic E-state index is 12.7. The summed E-state index contributed by atoms with van der Waals surface area (Å²) in [6.07, 6.45) is 2.33. The van der Waals surface area contributed by atoms with Gasteiger partial charge < -0.3 is 10.0 Å². The first-order chi connectivity index (χ1) is 9.30. The second-order valence-electron chi connectivity index (χ2n) is 5.66. The molecule has 1 aliphatic rings. The number of likely N-dealkylation sites (N-methyl/N-ethyl adjacent to an activating group) is 1. The highest BCUT2D eigenvalue weighted by Crippen LogP contribution is 2.33. The van der Waals surface area contributed by atoms with Gasteiger partial charge in [-0.25, -0.2) is 12.7 Å². The van der Waals surface area contributed by atoms with Crippen LogP contribution in [0.15, 0.2) is 0 Å². The van der Waals surface area contributed by atoms with Gasteiger partial charge in [-0.05, 0) is 33.4 Å². The Kier molecular flexibility index (Phi) is 6.42. The van der Waals surface area contributed by atoms with Gasteiger partial charge in [0.05, 0.1) is 11.2 Å². The quantitative estimate of drug-likeness (QED) is 0.719. The molecule has 1 N–H and O–H groups in total. The molecular weight excluding hydrogens is 280 g/mol. The molecule has 1 saturated carbocycles. The Hall–Kier alpha value is -0.660. The van der Waals surface area contributed by atoms with Gasteiger partial charge in [0.15, 0.2) is 0 Å². The fourth-order valence-electron chi connectivity index (χ4n) is 2.68. The van der Waals surface area contributed by atoms with Crippen LogP contribution >= 0.6 is 0 Å². The first-order valence-corrected chi connectivity index (χ1v) is 8.67. The van der Waals surface area contributed by atoms with E-state index in [9.17, 15) is 18.3 Å². The monoisotopic (exact) mass is 306 g/mol. The van der Waals surface area contributed by atoms with Gasteiger partial charge in [0.25, 0.3) is 0 Å². The predicted octanol–water partition coefficient (Wildman–Crippen LogP) is 0.843. The summed E-state index contributed by atoms with van der Waals surface area (Å²) < 4.78 is 26.9. The first-order valence-electron chi connectivity index (χ1n) is 7.17. The van der Waals surface area contributed by atoms with Crippen molar-refractivity contribution in [2.75, 3.05) is 33.7 Å². The van der Waals surface area contributed by atoms with Gasteiger partial charge >= 0.3 is 5.97 Å². The number of carboxylic acids is 1. The maximum Gasteiger partial charge on any atom is 0.307 e. The summed E-state index contributed by atoms with van der Waals surface area (Å²) in [5, 5.41) is 8.43. The molecule has 1 fully saturated rings. The lowest BCUT2D eigenvalue weighted by Crippen LogP contribution is -2.45. The second-order valence-corrected chi connectivity index (χ2v) is 7.81. The first kappa shape index (κ1) is 17.4. The molecule has 0 aromatic heterocycles. The fraction of sp³-hybridized carbons (Fsp3) is 0.923. The van der Waals surface area contributed by atoms with Crippen LogP contribution in [-0.2, 0) is 14.8 Å². The van der Waals surface area contributed by atoms with Crippen LogP contribution in [0.25, 0.3) is 0 Å². The summed E-state index contributed by atoms with van der Waals surface area (Å²) in [5.41, 5.74) is 0. The molecule has 2 atom stereocenters. The van der Waals surface area contributed by atoms with Crippen molar-refractivity contribution in [3.63, 3.8) is 0 Å². The number of carbonyl (C=O) groups is 1. The predicted molar refractivity (Wildman–Crippen MR) is 78.1 cm³/mol. The van der Waals surface area contributed by atoms with E-state index < -0.39 is 27.2 Å². The number of aliphatic carboxylic acids is 1. The topological polar surface area (TPSA) is 77.9 Å². The maximum atomic E-state index is 12.7. The normalized spacial score (nSPS) is 23.6. The zero-order valence-electron chi connectivity index (χ0n) is 12.6. The van der Waals surface area contributed by atoms with Crippen LogP contribution in [0.3, 0.4) is 0 Å². The highest BCUT2D eigenvalue weighted by Gasteiger charge is 2.43. The molecule has 0 saturated heterocycles. The molecule has 20 heavy (non-hydrogen) atoms. The van der Waals surface area contributed by atoms with Gasteiger partial charge in [0.1, 0.15) is 0 Å². The zero-order chi connectivity index (χ0) is 15.3. The Morgan fingerprint density at radius 2 is 1.85 bits per heavy atom. The Bertz CT molecular complexity index is 422. The van der Waals surface area contributed by atoms with Crippen molar-refractivity contribution in [3.8, 4) is 0 Å². The number of rotatable bonds is 8. The van der Waals surface area contributed by atoms with Crippen LogP contribution in [0.5, 0.6) is 0 Å². The van der Waals surface area contributed by atoms with Crippen LogP contribution in [0.4, 0.5) is 0 Å². The molecule has 7 heteroatoms. The van der Waals surface area contributed by atoms with E-state index in [0.29, 0.717) is 38.9 Å². The van der Waals surface area contributed by atoms with Crippen molar-refractivity contribution in [3.05, 3.63) is 0 Å². The lowest BCUT2D eigenvalue weighted by Gasteiger charge is -2.28. The summed E-state index contributed by atoms with van der Waals surface area (Å²) in [7, 11) is 0.263. The van der Waals surface area contributed by atoms with Gasteiger partial charge in [-0.3, -0.25) is 4.79 Å². The minimum absolute atomic E-state index is 0.423. The van der Waals surface area contributed by atoms with Crippen LogP contribution in [-0.4, -0.2) is 67.7 Å². The van der Waals surface area contributed by atoms with Gasteiger partial charge in [-0.2, -0.15) is 0 Å². The lowest BCUT2D eigenvalue weighted by molar-refractivity contribution is -0.141. The number of hydrogen-bond acceptors (Lipinski definition) is 4. The van der Waals surface area contributed by atoms with E-state index in [1.54, 1.807) is 0 Å². The van der Waals surface area contributed by atoms with Crippen molar-refractivity contribution in [2.45, 2.75) is 37.9 Å². The van der Waals surface area contributed by atoms with E-state index in [2.05, 4.69) is 0 Å². The molecule has 0 aliphatic heterocycles. The third kappa shape index (κ3) is 4.17. The highest BCUT2D eigenvalue weighted by molar-refractivity contribution is 7.89. The molecule has 0 spiro atoms. The average Bonchev–Trinajstić information content (AvgIpc) is 2.83. The van der Waals surface area contributed by atoms with E-state index in [0.717, 1.165) is 6.42 Å². The van der Waals surface area contributed by atoms with Gasteiger partial charge in [0.2, 0.25) is 10.0 Å². The molecule has 2 unspecified atom stereocenters. The second kappa shape index (κ2) is 7.38. The van der Waals surface area contributed by atoms with Gasteiger partial charge in [0, 0.05) is 19.6 Å². The standard InChI is InChI=1S/C13H26N2O4S/c1-4-8-15(10-9-14(2)3)20(18,19)12-7-5-6-11(12)13(16)17/h11-12H,4-10H2,1-3H3,(H,16,17). The minimum Gasteiger partial charge on any atom is -0.481 e. The van der Waals surface area contributed by atoms with E-state index in [-0.39, 0.29) is 0 Å². The molecule has 6 nitrogen and oxygen atoms in total. The summed E-state index contributed by atoms with van der Waals surface area (Å²) in [6.45, 7) is 3.45. The lowest BCUT2D eigenvalue weighted by atomic mass is 10.1. The molecule has 0 radical (unpaired) electrons. The average molecular weight is 306 g/mol. The summed E-state index contributed by atoms with van der Waals surface area (Å²) >= 11 is 0. The summed E-state index contributed by atoms with van der Waals surface area (Å²) in [5.74, 6) is -1.74. The van der Waals surface area contributed by atoms with Crippen LogP contribution in [0.2, 0.25) is 0 Å². The Labute approximate surface area is 121 Å². The fourth-order valence-corrected chi connectivity index (χ4v) is 4.97. The molecule has 0 aromatic carbocycles. The van der Waals surface area contributed by atoms with Gasteiger partial charge in [-0.15, -0.1) is 0 Å². The third-order valence-electron chi connectivity index (χ3n) is 3.78. The smallest absolute Gasteiger partial charge is 0.307 e. The van der Waals surface area contributed by atoms with Crippen molar-refractivity contribution >= 4 is 16.0 Å². The van der Waals surface area contributed by atoms with Crippen molar-refractivity contribution in [2.24, 2.45) is 5.92 Å². The zero-order valence-corrected chi connectivity index (χ0v) is 13.4. The van der Waals surface area contributed by atoms with Crippen molar-refractivity contribution in [1.82, 2.24) is 9.21 Å². The van der Waals surface area contributed by atoms with Gasteiger partial charge in [-0.1, -0.05) is 13.3 Å². The summed E-state index contributed by atoms with van der Waals surface area (Å²) in [6, 6.07) is 0. The third-order valence-corrected chi connectivity index (χ3v) is 6.20. The van der Waals surface area contributed by atoms with Crippen LogP contribution in [0.1, 0.15) is 32.6 Å². The molecular formula is C13H26N2O4S. The van der Waals surface area contributed by atoms with E-state index in [1.165, 1.54) is 4.31 Å². The van der Waals surface area contributed by atoms with Crippen LogP contribution in [0, 0.1) is 5.92 Å². The molecule has 0 heterocycles. The molecule has 0 aromatic rings. The SMILES string of the molecule is CCCN(CCN(C)C)S(=O)(=O)C1CCCC1C(=O)O. The largest absolute Gasteiger partial charge is 0.481 e.